The van der Waals surface area contributed by atoms with Gasteiger partial charge < -0.3 is 30.0 Å². The molecule has 2 heterocycles. The van der Waals surface area contributed by atoms with E-state index in [4.69, 9.17) is 24.7 Å². The standard InChI is InChI=1S/C18H27N3O4/c1-17(2,15-10-23-12-18(15)24-7-8-25-18)11-20-16(19)21-13-5-4-6-14(9-13)22-3/h4-6,9,15H,7-8,10-12H2,1-3H3,(H3,19,20,21). The molecule has 7 heteroatoms. The highest BCUT2D eigenvalue weighted by molar-refractivity contribution is 5.92. The minimum Gasteiger partial charge on any atom is -0.497 e. The molecule has 2 saturated heterocycles. The summed E-state index contributed by atoms with van der Waals surface area (Å²) >= 11 is 0. The van der Waals surface area contributed by atoms with Crippen LogP contribution in [-0.4, -0.2) is 51.8 Å². The molecule has 1 aromatic carbocycles. The molecule has 2 aliphatic rings. The number of benzene rings is 1. The minimum absolute atomic E-state index is 0.107. The largest absolute Gasteiger partial charge is 0.497 e. The van der Waals surface area contributed by atoms with Gasteiger partial charge in [-0.15, -0.1) is 0 Å². The molecule has 0 radical (unpaired) electrons. The number of nitrogens with two attached hydrogens (primary N) is 1. The van der Waals surface area contributed by atoms with Gasteiger partial charge in [0.05, 0.1) is 26.9 Å². The Morgan fingerprint density at radius 3 is 2.88 bits per heavy atom. The maximum absolute atomic E-state index is 6.05. The van der Waals surface area contributed by atoms with Crippen molar-refractivity contribution in [2.75, 3.05) is 45.4 Å². The lowest BCUT2D eigenvalue weighted by atomic mass is 9.75. The third kappa shape index (κ3) is 3.89. The van der Waals surface area contributed by atoms with E-state index < -0.39 is 5.79 Å². The number of guanidine groups is 1. The molecular weight excluding hydrogens is 322 g/mol. The molecule has 1 unspecified atom stereocenters. The highest BCUT2D eigenvalue weighted by atomic mass is 16.8. The van der Waals surface area contributed by atoms with Gasteiger partial charge >= 0.3 is 0 Å². The second-order valence-corrected chi connectivity index (χ2v) is 7.12. The van der Waals surface area contributed by atoms with Crippen LogP contribution in [-0.2, 0) is 14.2 Å². The zero-order chi connectivity index (χ0) is 17.9. The number of aliphatic imine (C=N–C) groups is 1. The molecule has 7 nitrogen and oxygen atoms in total. The molecule has 0 aliphatic carbocycles. The van der Waals surface area contributed by atoms with Crippen LogP contribution in [0.3, 0.4) is 0 Å². The van der Waals surface area contributed by atoms with Crippen molar-refractivity contribution in [1.29, 1.82) is 0 Å². The SMILES string of the molecule is COc1cccc(NC(N)=NCC(C)(C)C2COCC23OCCO3)c1. The molecule has 2 fully saturated rings. The second kappa shape index (κ2) is 7.19. The van der Waals surface area contributed by atoms with Crippen molar-refractivity contribution >= 4 is 11.6 Å². The Kier molecular flexibility index (Phi) is 5.17. The van der Waals surface area contributed by atoms with Gasteiger partial charge in [0.1, 0.15) is 12.4 Å². The molecule has 1 aromatic rings. The Bertz CT molecular complexity index is 621. The van der Waals surface area contributed by atoms with E-state index in [0.717, 1.165) is 11.4 Å². The Balaban J connectivity index is 1.64. The number of methoxy groups -OCH3 is 1. The summed E-state index contributed by atoms with van der Waals surface area (Å²) in [5, 5.41) is 3.09. The van der Waals surface area contributed by atoms with E-state index in [0.29, 0.717) is 38.9 Å². The van der Waals surface area contributed by atoms with Gasteiger partial charge in [-0.1, -0.05) is 19.9 Å². The molecule has 3 rings (SSSR count). The summed E-state index contributed by atoms with van der Waals surface area (Å²) in [6, 6.07) is 7.55. The summed E-state index contributed by atoms with van der Waals surface area (Å²) in [7, 11) is 1.63. The third-order valence-corrected chi connectivity index (χ3v) is 4.84. The fourth-order valence-electron chi connectivity index (χ4n) is 3.41. The fourth-order valence-corrected chi connectivity index (χ4v) is 3.41. The second-order valence-electron chi connectivity index (χ2n) is 7.12. The summed E-state index contributed by atoms with van der Waals surface area (Å²) in [4.78, 5) is 4.52. The van der Waals surface area contributed by atoms with Gasteiger partial charge in [-0.05, 0) is 17.5 Å². The normalized spacial score (nSPS) is 23.2. The number of nitrogens with one attached hydrogen (secondary N) is 1. The Hall–Kier alpha value is -1.83. The van der Waals surface area contributed by atoms with E-state index >= 15 is 0 Å². The Morgan fingerprint density at radius 1 is 1.40 bits per heavy atom. The lowest BCUT2D eigenvalue weighted by Gasteiger charge is -2.37. The predicted molar refractivity (Wildman–Crippen MR) is 95.8 cm³/mol. The topological polar surface area (TPSA) is 87.3 Å². The van der Waals surface area contributed by atoms with Gasteiger partial charge in [-0.2, -0.15) is 0 Å². The lowest BCUT2D eigenvalue weighted by Crippen LogP contribution is -2.47. The number of hydrogen-bond donors (Lipinski definition) is 2. The quantitative estimate of drug-likeness (QED) is 0.623. The van der Waals surface area contributed by atoms with Crippen LogP contribution >= 0.6 is 0 Å². The van der Waals surface area contributed by atoms with Crippen LogP contribution in [0.5, 0.6) is 5.75 Å². The smallest absolute Gasteiger partial charge is 0.197 e. The molecular formula is C18H27N3O4. The summed E-state index contributed by atoms with van der Waals surface area (Å²) in [5.74, 6) is 0.603. The number of nitrogens with zero attached hydrogens (tertiary/aromatic N) is 1. The maximum atomic E-state index is 6.05. The van der Waals surface area contributed by atoms with Crippen molar-refractivity contribution in [3.63, 3.8) is 0 Å². The summed E-state index contributed by atoms with van der Waals surface area (Å²) in [6.07, 6.45) is 0. The van der Waals surface area contributed by atoms with Gasteiger partial charge in [0.25, 0.3) is 0 Å². The van der Waals surface area contributed by atoms with E-state index in [-0.39, 0.29) is 11.3 Å². The first-order valence-corrected chi connectivity index (χ1v) is 8.52. The monoisotopic (exact) mass is 349 g/mol. The van der Waals surface area contributed by atoms with Crippen LogP contribution in [0, 0.1) is 11.3 Å². The van der Waals surface area contributed by atoms with Crippen LogP contribution in [0.2, 0.25) is 0 Å². The fraction of sp³-hybridized carbons (Fsp3) is 0.611. The van der Waals surface area contributed by atoms with Gasteiger partial charge in [-0.3, -0.25) is 4.99 Å². The van der Waals surface area contributed by atoms with Crippen molar-refractivity contribution in [2.24, 2.45) is 22.1 Å². The van der Waals surface area contributed by atoms with Gasteiger partial charge in [-0.25, -0.2) is 0 Å². The summed E-state index contributed by atoms with van der Waals surface area (Å²) < 4.78 is 22.6. The Morgan fingerprint density at radius 2 is 2.16 bits per heavy atom. The van der Waals surface area contributed by atoms with E-state index in [1.54, 1.807) is 7.11 Å². The zero-order valence-electron chi connectivity index (χ0n) is 15.1. The molecule has 0 bridgehead atoms. The number of anilines is 1. The van der Waals surface area contributed by atoms with Crippen LogP contribution in [0.1, 0.15) is 13.8 Å². The highest BCUT2D eigenvalue weighted by Crippen LogP contribution is 2.44. The van der Waals surface area contributed by atoms with Crippen molar-refractivity contribution in [3.8, 4) is 5.75 Å². The van der Waals surface area contributed by atoms with Crippen LogP contribution in [0.25, 0.3) is 0 Å². The lowest BCUT2D eigenvalue weighted by molar-refractivity contribution is -0.196. The van der Waals surface area contributed by atoms with E-state index in [1.165, 1.54) is 0 Å². The van der Waals surface area contributed by atoms with Crippen LogP contribution < -0.4 is 15.8 Å². The van der Waals surface area contributed by atoms with Crippen LogP contribution in [0.15, 0.2) is 29.3 Å². The van der Waals surface area contributed by atoms with Crippen LogP contribution in [0.4, 0.5) is 5.69 Å². The maximum Gasteiger partial charge on any atom is 0.197 e. The molecule has 0 aromatic heterocycles. The molecule has 2 aliphatic heterocycles. The molecule has 138 valence electrons. The minimum atomic E-state index is -0.631. The first-order valence-electron chi connectivity index (χ1n) is 8.52. The third-order valence-electron chi connectivity index (χ3n) is 4.84. The van der Waals surface area contributed by atoms with E-state index in [9.17, 15) is 0 Å². The molecule has 25 heavy (non-hydrogen) atoms. The van der Waals surface area contributed by atoms with Crippen molar-refractivity contribution in [3.05, 3.63) is 24.3 Å². The average Bonchev–Trinajstić information content (AvgIpc) is 3.24. The predicted octanol–water partition coefficient (Wildman–Crippen LogP) is 1.84. The van der Waals surface area contributed by atoms with Crippen molar-refractivity contribution in [1.82, 2.24) is 0 Å². The first-order chi connectivity index (χ1) is 12.0. The van der Waals surface area contributed by atoms with E-state index in [1.807, 2.05) is 24.3 Å². The molecule has 1 atom stereocenters. The van der Waals surface area contributed by atoms with Gasteiger partial charge in [0, 0.05) is 24.2 Å². The molecule has 0 amide bonds. The zero-order valence-corrected chi connectivity index (χ0v) is 15.1. The van der Waals surface area contributed by atoms with Gasteiger partial charge in [0.2, 0.25) is 0 Å². The average molecular weight is 349 g/mol. The summed E-state index contributed by atoms with van der Waals surface area (Å²) in [5.41, 5.74) is 6.71. The van der Waals surface area contributed by atoms with Crippen molar-refractivity contribution < 1.29 is 18.9 Å². The highest BCUT2D eigenvalue weighted by Gasteiger charge is 2.55. The van der Waals surface area contributed by atoms with Crippen molar-refractivity contribution in [2.45, 2.75) is 19.6 Å². The molecule has 3 N–H and O–H groups in total. The van der Waals surface area contributed by atoms with Gasteiger partial charge in [0.15, 0.2) is 11.7 Å². The summed E-state index contributed by atoms with van der Waals surface area (Å²) in [6.45, 7) is 7.12. The first kappa shape index (κ1) is 18.0. The number of rotatable bonds is 5. The molecule has 0 saturated carbocycles. The number of ether oxygens (including phenoxy) is 4. The number of hydrogen-bond acceptors (Lipinski definition) is 5. The molecule has 1 spiro atoms. The van der Waals surface area contributed by atoms with E-state index in [2.05, 4.69) is 24.2 Å². The Labute approximate surface area is 148 Å².